The lowest BCUT2D eigenvalue weighted by Crippen LogP contribution is -2.33. The van der Waals surface area contributed by atoms with E-state index in [4.69, 9.17) is 4.42 Å². The van der Waals surface area contributed by atoms with E-state index in [1.54, 1.807) is 0 Å². The van der Waals surface area contributed by atoms with Gasteiger partial charge in [-0.1, -0.05) is 203 Å². The molecular weight excluding hydrogens is 867 g/mol. The fraction of sp³-hybridized carbons (Fsp3) is 0.104. The van der Waals surface area contributed by atoms with Gasteiger partial charge in [-0.25, -0.2) is 0 Å². The van der Waals surface area contributed by atoms with Crippen molar-refractivity contribution in [1.29, 1.82) is 0 Å². The standard InChI is InChI=1S/C67H47NOS/c1-65(2)51-24-9-5-18-42(51)44-34-32-40(38-56(44)65)68(41-33-35-45-43-19-6-10-25-52(43)66(3,4)57(45)39-41)58-37-36-47(49-23-17-22-48-46-20-8-14-29-59(46)69-64(48)49)62-50-21-7-11-26-53(50)67(63(58)62)54-27-12-15-30-60(54)70-61-31-16-13-28-55(61)67/h5-39H,1-4H3. The Labute approximate surface area is 412 Å². The van der Waals surface area contributed by atoms with E-state index in [-0.39, 0.29) is 10.8 Å². The summed E-state index contributed by atoms with van der Waals surface area (Å²) in [5.74, 6) is 0. The van der Waals surface area contributed by atoms with Gasteiger partial charge < -0.3 is 9.32 Å². The predicted molar refractivity (Wildman–Crippen MR) is 290 cm³/mol. The Morgan fingerprint density at radius 3 is 1.47 bits per heavy atom. The first-order valence-corrected chi connectivity index (χ1v) is 25.4. The van der Waals surface area contributed by atoms with E-state index in [9.17, 15) is 0 Å². The minimum absolute atomic E-state index is 0.192. The maximum Gasteiger partial charge on any atom is 0.143 e. The number of anilines is 3. The number of hydrogen-bond acceptors (Lipinski definition) is 3. The van der Waals surface area contributed by atoms with Crippen molar-refractivity contribution in [3.63, 3.8) is 0 Å². The molecule has 3 aliphatic carbocycles. The zero-order valence-corrected chi connectivity index (χ0v) is 40.3. The lowest BCUT2D eigenvalue weighted by Gasteiger charge is -2.42. The lowest BCUT2D eigenvalue weighted by atomic mass is 9.66. The Balaban J connectivity index is 1.10. The molecule has 70 heavy (non-hydrogen) atoms. The van der Waals surface area contributed by atoms with Gasteiger partial charge in [0.1, 0.15) is 11.2 Å². The highest BCUT2D eigenvalue weighted by Crippen LogP contribution is 2.67. The van der Waals surface area contributed by atoms with Crippen molar-refractivity contribution in [2.45, 2.75) is 53.7 Å². The fourth-order valence-electron chi connectivity index (χ4n) is 13.4. The molecule has 10 aromatic carbocycles. The summed E-state index contributed by atoms with van der Waals surface area (Å²) >= 11 is 1.89. The third-order valence-corrected chi connectivity index (χ3v) is 17.7. The highest BCUT2D eigenvalue weighted by atomic mass is 32.2. The Bertz CT molecular complexity index is 3920. The molecule has 2 heterocycles. The molecule has 1 spiro atoms. The summed E-state index contributed by atoms with van der Waals surface area (Å²) in [7, 11) is 0. The highest BCUT2D eigenvalue weighted by Gasteiger charge is 2.53. The third kappa shape index (κ3) is 5.10. The van der Waals surface area contributed by atoms with Crippen LogP contribution in [-0.2, 0) is 16.2 Å². The van der Waals surface area contributed by atoms with Gasteiger partial charge in [-0.05, 0) is 126 Å². The molecule has 0 saturated carbocycles. The van der Waals surface area contributed by atoms with Crippen LogP contribution in [0, 0.1) is 0 Å². The average Bonchev–Trinajstić information content (AvgIpc) is 4.07. The van der Waals surface area contributed by atoms with E-state index >= 15 is 0 Å². The van der Waals surface area contributed by atoms with E-state index < -0.39 is 5.41 Å². The van der Waals surface area contributed by atoms with Crippen LogP contribution in [0.5, 0.6) is 0 Å². The Morgan fingerprint density at radius 1 is 0.371 bits per heavy atom. The molecule has 0 N–H and O–H groups in total. The molecule has 4 aliphatic rings. The number of hydrogen-bond donors (Lipinski definition) is 0. The first-order valence-electron chi connectivity index (χ1n) is 24.6. The molecule has 1 aliphatic heterocycles. The molecule has 0 saturated heterocycles. The Kier molecular flexibility index (Phi) is 8.09. The molecule has 3 heteroatoms. The first-order chi connectivity index (χ1) is 34.2. The summed E-state index contributed by atoms with van der Waals surface area (Å²) in [5.41, 5.74) is 24.8. The number of nitrogens with zero attached hydrogens (tertiary/aromatic N) is 1. The molecule has 0 bridgehead atoms. The lowest BCUT2D eigenvalue weighted by molar-refractivity contribution is 0.660. The van der Waals surface area contributed by atoms with Crippen molar-refractivity contribution in [1.82, 2.24) is 0 Å². The molecule has 11 aromatic rings. The van der Waals surface area contributed by atoms with Gasteiger partial charge in [-0.15, -0.1) is 0 Å². The van der Waals surface area contributed by atoms with Gasteiger partial charge in [0.25, 0.3) is 0 Å². The number of rotatable bonds is 4. The van der Waals surface area contributed by atoms with Crippen LogP contribution in [0.1, 0.15) is 72.2 Å². The van der Waals surface area contributed by atoms with Crippen LogP contribution in [0.15, 0.2) is 227 Å². The summed E-state index contributed by atoms with van der Waals surface area (Å²) in [6.07, 6.45) is 0. The second-order valence-corrected chi connectivity index (χ2v) is 21.8. The van der Waals surface area contributed by atoms with Crippen molar-refractivity contribution in [3.8, 4) is 44.5 Å². The van der Waals surface area contributed by atoms with E-state index in [2.05, 4.69) is 245 Å². The minimum atomic E-state index is -0.672. The Hall–Kier alpha value is -7.85. The van der Waals surface area contributed by atoms with Crippen LogP contribution < -0.4 is 4.90 Å². The van der Waals surface area contributed by atoms with Gasteiger partial charge in [0.2, 0.25) is 0 Å². The fourth-order valence-corrected chi connectivity index (χ4v) is 14.6. The van der Waals surface area contributed by atoms with E-state index in [0.29, 0.717) is 0 Å². The second-order valence-electron chi connectivity index (χ2n) is 20.7. The molecule has 1 aromatic heterocycles. The van der Waals surface area contributed by atoms with Gasteiger partial charge in [0, 0.05) is 53.9 Å². The maximum atomic E-state index is 6.92. The number of furan rings is 1. The zero-order chi connectivity index (χ0) is 46.7. The molecule has 332 valence electrons. The van der Waals surface area contributed by atoms with Gasteiger partial charge in [0.15, 0.2) is 0 Å². The molecule has 0 unspecified atom stereocenters. The molecular formula is C67H47NOS. The van der Waals surface area contributed by atoms with E-state index in [0.717, 1.165) is 50.1 Å². The highest BCUT2D eigenvalue weighted by molar-refractivity contribution is 7.99. The van der Waals surface area contributed by atoms with Crippen molar-refractivity contribution >= 4 is 50.8 Å². The first kappa shape index (κ1) is 40.1. The van der Waals surface area contributed by atoms with Crippen LogP contribution in [0.25, 0.3) is 66.4 Å². The van der Waals surface area contributed by atoms with Crippen LogP contribution in [-0.4, -0.2) is 0 Å². The smallest absolute Gasteiger partial charge is 0.143 e. The van der Waals surface area contributed by atoms with Gasteiger partial charge >= 0.3 is 0 Å². The monoisotopic (exact) mass is 913 g/mol. The maximum absolute atomic E-state index is 6.92. The number of fused-ring (bicyclic) bond motifs is 18. The Morgan fingerprint density at radius 2 is 0.843 bits per heavy atom. The predicted octanol–water partition coefficient (Wildman–Crippen LogP) is 18.2. The largest absolute Gasteiger partial charge is 0.455 e. The minimum Gasteiger partial charge on any atom is -0.455 e. The summed E-state index contributed by atoms with van der Waals surface area (Å²) in [6, 6.07) is 80.1. The average molecular weight is 914 g/mol. The molecule has 0 atom stereocenters. The van der Waals surface area contributed by atoms with E-state index in [1.807, 2.05) is 11.8 Å². The van der Waals surface area contributed by atoms with Crippen LogP contribution in [0.2, 0.25) is 0 Å². The van der Waals surface area contributed by atoms with Gasteiger partial charge in [-0.3, -0.25) is 0 Å². The zero-order valence-electron chi connectivity index (χ0n) is 39.5. The quantitative estimate of drug-likeness (QED) is 0.175. The molecule has 15 rings (SSSR count). The molecule has 0 amide bonds. The molecule has 2 nitrogen and oxygen atoms in total. The van der Waals surface area contributed by atoms with Gasteiger partial charge in [0.05, 0.1) is 11.1 Å². The van der Waals surface area contributed by atoms with Crippen molar-refractivity contribution in [2.24, 2.45) is 0 Å². The number of benzene rings is 10. The molecule has 0 fully saturated rings. The molecule has 0 radical (unpaired) electrons. The normalized spacial score (nSPS) is 15.4. The third-order valence-electron chi connectivity index (χ3n) is 16.5. The number of para-hydroxylation sites is 2. The van der Waals surface area contributed by atoms with E-state index in [1.165, 1.54) is 87.7 Å². The second kappa shape index (κ2) is 14.1. The van der Waals surface area contributed by atoms with Crippen LogP contribution in [0.4, 0.5) is 17.1 Å². The summed E-state index contributed by atoms with van der Waals surface area (Å²) < 4.78 is 6.92. The topological polar surface area (TPSA) is 16.4 Å². The van der Waals surface area contributed by atoms with Crippen molar-refractivity contribution in [2.75, 3.05) is 4.90 Å². The van der Waals surface area contributed by atoms with Gasteiger partial charge in [-0.2, -0.15) is 0 Å². The van der Waals surface area contributed by atoms with Crippen LogP contribution >= 0.6 is 11.8 Å². The van der Waals surface area contributed by atoms with Crippen LogP contribution in [0.3, 0.4) is 0 Å². The summed E-state index contributed by atoms with van der Waals surface area (Å²) in [5, 5.41) is 2.26. The van der Waals surface area contributed by atoms with Crippen molar-refractivity contribution in [3.05, 3.63) is 257 Å². The SMILES string of the molecule is CC1(C)c2ccccc2-c2ccc(N(c3ccc4c(c3)C(C)(C)c3ccccc3-4)c3ccc(-c4cccc5c4oc4ccccc45)c4c3C3(c5ccccc5Sc5ccccc53)c3ccccc3-4)cc21. The summed E-state index contributed by atoms with van der Waals surface area (Å²) in [6.45, 7) is 9.58. The van der Waals surface area contributed by atoms with Crippen molar-refractivity contribution < 1.29 is 4.42 Å². The summed E-state index contributed by atoms with van der Waals surface area (Å²) in [4.78, 5) is 5.17.